The fourth-order valence-corrected chi connectivity index (χ4v) is 6.21. The van der Waals surface area contributed by atoms with Crippen LogP contribution in [0.4, 0.5) is 5.69 Å². The molecule has 2 atom stereocenters. The summed E-state index contributed by atoms with van der Waals surface area (Å²) < 4.78 is 40.2. The van der Waals surface area contributed by atoms with Gasteiger partial charge in [-0.2, -0.15) is 4.72 Å². The van der Waals surface area contributed by atoms with Crippen LogP contribution in [0.5, 0.6) is 11.5 Å². The van der Waals surface area contributed by atoms with Gasteiger partial charge in [0.25, 0.3) is 5.91 Å². The number of benzene rings is 3. The second-order valence-electron chi connectivity index (χ2n) is 9.96. The minimum Gasteiger partial charge on any atom is -0.495 e. The summed E-state index contributed by atoms with van der Waals surface area (Å²) in [4.78, 5) is 33.2. The first-order valence-corrected chi connectivity index (χ1v) is 14.6. The third-order valence-electron chi connectivity index (χ3n) is 6.64. The van der Waals surface area contributed by atoms with Crippen LogP contribution in [0.15, 0.2) is 82.7 Å². The minimum atomic E-state index is -4.30. The van der Waals surface area contributed by atoms with Gasteiger partial charge in [-0.3, -0.25) is 9.59 Å². The molecule has 0 bridgehead atoms. The number of fused-ring (bicyclic) bond motifs is 1. The number of nitrogens with zero attached hydrogens (tertiary/aromatic N) is 2. The third-order valence-corrected chi connectivity index (χ3v) is 8.18. The molecule has 41 heavy (non-hydrogen) atoms. The molecule has 1 aliphatic rings. The fraction of sp³-hybridized carbons (Fsp3) is 0.300. The van der Waals surface area contributed by atoms with E-state index in [0.29, 0.717) is 11.4 Å². The van der Waals surface area contributed by atoms with Gasteiger partial charge in [-0.15, -0.1) is 0 Å². The molecule has 216 valence electrons. The molecule has 0 saturated carbocycles. The van der Waals surface area contributed by atoms with Gasteiger partial charge in [0.15, 0.2) is 4.90 Å². The number of amides is 2. The highest BCUT2D eigenvalue weighted by Gasteiger charge is 2.35. The zero-order valence-electron chi connectivity index (χ0n) is 23.6. The number of likely N-dealkylation sites (N-methyl/N-ethyl adjacent to an activating group) is 1. The van der Waals surface area contributed by atoms with Gasteiger partial charge in [0, 0.05) is 18.2 Å². The summed E-state index contributed by atoms with van der Waals surface area (Å²) in [7, 11) is 0.0154. The molecule has 3 aromatic carbocycles. The summed E-state index contributed by atoms with van der Waals surface area (Å²) >= 11 is 0. The van der Waals surface area contributed by atoms with E-state index < -0.39 is 34.0 Å². The number of benzodiazepines with no additional fused rings is 1. The predicted octanol–water partition coefficient (Wildman–Crippen LogP) is 3.35. The molecule has 0 spiro atoms. The van der Waals surface area contributed by atoms with Crippen LogP contribution in [-0.4, -0.2) is 59.4 Å². The number of anilines is 1. The van der Waals surface area contributed by atoms with E-state index in [-0.39, 0.29) is 28.7 Å². The van der Waals surface area contributed by atoms with Crippen LogP contribution in [-0.2, 0) is 19.6 Å². The Hall–Kier alpha value is -4.22. The monoisotopic (exact) mass is 578 g/mol. The Morgan fingerprint density at radius 1 is 0.951 bits per heavy atom. The Labute approximate surface area is 240 Å². The Balaban J connectivity index is 1.71. The molecule has 0 radical (unpaired) electrons. The number of carbonyl (C=O) groups excluding carboxylic acids is 2. The van der Waals surface area contributed by atoms with Gasteiger partial charge < -0.3 is 19.7 Å². The number of hydrogen-bond acceptors (Lipinski definition) is 7. The lowest BCUT2D eigenvalue weighted by molar-refractivity contribution is -0.128. The van der Waals surface area contributed by atoms with Crippen molar-refractivity contribution in [1.29, 1.82) is 0 Å². The van der Waals surface area contributed by atoms with Crippen molar-refractivity contribution < 1.29 is 27.5 Å². The molecule has 2 N–H and O–H groups in total. The molecule has 4 rings (SSSR count). The predicted molar refractivity (Wildman–Crippen MR) is 157 cm³/mol. The molecule has 0 aromatic heterocycles. The maximum Gasteiger partial charge on any atom is 0.272 e. The lowest BCUT2D eigenvalue weighted by Gasteiger charge is -2.24. The number of hydrogen-bond donors (Lipinski definition) is 2. The molecule has 0 fully saturated rings. The molecular weight excluding hydrogens is 544 g/mol. The van der Waals surface area contributed by atoms with Crippen LogP contribution in [0.3, 0.4) is 0 Å². The average Bonchev–Trinajstić information content (AvgIpc) is 3.07. The molecule has 11 heteroatoms. The van der Waals surface area contributed by atoms with E-state index in [1.165, 1.54) is 31.3 Å². The Morgan fingerprint density at radius 2 is 1.56 bits per heavy atom. The van der Waals surface area contributed by atoms with Crippen LogP contribution in [0.1, 0.15) is 31.4 Å². The highest BCUT2D eigenvalue weighted by Crippen LogP contribution is 2.33. The van der Waals surface area contributed by atoms with Crippen molar-refractivity contribution in [2.45, 2.75) is 37.4 Å². The fourth-order valence-electron chi connectivity index (χ4n) is 4.69. The number of sulfonamides is 1. The summed E-state index contributed by atoms with van der Waals surface area (Å²) in [5.41, 5.74) is 2.67. The zero-order valence-corrected chi connectivity index (χ0v) is 24.4. The molecule has 2 amide bonds. The largest absolute Gasteiger partial charge is 0.495 e. The number of ether oxygens (including phenoxy) is 2. The third kappa shape index (κ3) is 6.41. The second-order valence-corrected chi connectivity index (χ2v) is 11.6. The van der Waals surface area contributed by atoms with Gasteiger partial charge in [0.05, 0.1) is 25.6 Å². The molecule has 0 saturated heterocycles. The van der Waals surface area contributed by atoms with E-state index in [4.69, 9.17) is 14.5 Å². The molecule has 3 aromatic rings. The van der Waals surface area contributed by atoms with Crippen molar-refractivity contribution in [3.8, 4) is 11.5 Å². The molecule has 1 heterocycles. The maximum atomic E-state index is 13.7. The number of methoxy groups -OCH3 is 2. The summed E-state index contributed by atoms with van der Waals surface area (Å²) in [6.07, 6.45) is -1.13. The first kappa shape index (κ1) is 29.8. The van der Waals surface area contributed by atoms with Crippen LogP contribution in [0.25, 0.3) is 0 Å². The number of nitrogens with one attached hydrogen (secondary N) is 2. The van der Waals surface area contributed by atoms with Crippen LogP contribution >= 0.6 is 0 Å². The standard InChI is InChI=1S/C30H34N4O6S/c1-19(2)18-22(33-41(37,38)27-24(39-4)16-11-17-25(27)40-5)29(35)32-28-30(36)34(3)23-15-10-9-14-21(23)26(31-28)20-12-7-6-8-13-20/h6-17,19,22,28,33H,18H2,1-5H3,(H,32,35). The van der Waals surface area contributed by atoms with E-state index in [1.54, 1.807) is 13.1 Å². The smallest absolute Gasteiger partial charge is 0.272 e. The molecular formula is C30H34N4O6S. The number of rotatable bonds is 10. The van der Waals surface area contributed by atoms with Gasteiger partial charge >= 0.3 is 0 Å². The van der Waals surface area contributed by atoms with Gasteiger partial charge in [0.1, 0.15) is 17.5 Å². The summed E-state index contributed by atoms with van der Waals surface area (Å²) in [5, 5.41) is 2.70. The second kappa shape index (κ2) is 12.5. The van der Waals surface area contributed by atoms with Crippen molar-refractivity contribution >= 4 is 33.2 Å². The Bertz CT molecular complexity index is 1530. The van der Waals surface area contributed by atoms with Gasteiger partial charge in [-0.25, -0.2) is 13.4 Å². The zero-order chi connectivity index (χ0) is 29.7. The average molecular weight is 579 g/mol. The van der Waals surface area contributed by atoms with Crippen molar-refractivity contribution in [2.24, 2.45) is 10.9 Å². The van der Waals surface area contributed by atoms with E-state index in [2.05, 4.69) is 10.0 Å². The van der Waals surface area contributed by atoms with E-state index in [0.717, 1.165) is 11.1 Å². The highest BCUT2D eigenvalue weighted by molar-refractivity contribution is 7.89. The topological polar surface area (TPSA) is 126 Å². The lowest BCUT2D eigenvalue weighted by Crippen LogP contribution is -2.53. The first-order valence-electron chi connectivity index (χ1n) is 13.1. The number of aliphatic imine (C=N–C) groups is 1. The van der Waals surface area contributed by atoms with Gasteiger partial charge in [-0.05, 0) is 30.5 Å². The first-order chi connectivity index (χ1) is 19.6. The van der Waals surface area contributed by atoms with Crippen LogP contribution < -0.4 is 24.4 Å². The lowest BCUT2D eigenvalue weighted by atomic mass is 10.0. The SMILES string of the molecule is COc1cccc(OC)c1S(=O)(=O)NC(CC(C)C)C(=O)NC1N=C(c2ccccc2)c2ccccc2N(C)C1=O. The van der Waals surface area contributed by atoms with E-state index >= 15 is 0 Å². The molecule has 1 aliphatic heterocycles. The summed E-state index contributed by atoms with van der Waals surface area (Å²) in [6.45, 7) is 3.73. The summed E-state index contributed by atoms with van der Waals surface area (Å²) in [5.74, 6) is -1.08. The van der Waals surface area contributed by atoms with Crippen molar-refractivity contribution in [3.63, 3.8) is 0 Å². The molecule has 2 unspecified atom stereocenters. The number of para-hydroxylation sites is 1. The van der Waals surface area contributed by atoms with Crippen LogP contribution in [0, 0.1) is 5.92 Å². The van der Waals surface area contributed by atoms with E-state index in [9.17, 15) is 18.0 Å². The molecule has 0 aliphatic carbocycles. The van der Waals surface area contributed by atoms with Gasteiger partial charge in [-0.1, -0.05) is 68.4 Å². The minimum absolute atomic E-state index is 0.0619. The Morgan fingerprint density at radius 3 is 2.17 bits per heavy atom. The highest BCUT2D eigenvalue weighted by atomic mass is 32.2. The molecule has 10 nitrogen and oxygen atoms in total. The number of carbonyl (C=O) groups is 2. The van der Waals surface area contributed by atoms with Crippen LogP contribution in [0.2, 0.25) is 0 Å². The summed E-state index contributed by atoms with van der Waals surface area (Å²) in [6, 6.07) is 20.1. The van der Waals surface area contributed by atoms with Gasteiger partial charge in [0.2, 0.25) is 22.1 Å². The van der Waals surface area contributed by atoms with Crippen molar-refractivity contribution in [1.82, 2.24) is 10.0 Å². The maximum absolute atomic E-state index is 13.7. The quantitative estimate of drug-likeness (QED) is 0.380. The van der Waals surface area contributed by atoms with Crippen molar-refractivity contribution in [2.75, 3.05) is 26.2 Å². The Kier molecular flexibility index (Phi) is 9.09. The van der Waals surface area contributed by atoms with E-state index in [1.807, 2.05) is 68.4 Å². The normalized spacial score (nSPS) is 16.0. The van der Waals surface area contributed by atoms with Crippen molar-refractivity contribution in [3.05, 3.63) is 83.9 Å².